The summed E-state index contributed by atoms with van der Waals surface area (Å²) in [5.41, 5.74) is 2.62. The van der Waals surface area contributed by atoms with Crippen molar-refractivity contribution in [3.8, 4) is 23.3 Å². The van der Waals surface area contributed by atoms with E-state index >= 15 is 0 Å². The largest absolute Gasteiger partial charge is 0.508 e. The van der Waals surface area contributed by atoms with Crippen molar-refractivity contribution in [3.63, 3.8) is 0 Å². The molecule has 0 amide bonds. The maximum atomic E-state index is 14.3. The zero-order chi connectivity index (χ0) is 25.5. The molecule has 7 heteroatoms. The number of aromatic hydroxyl groups is 1. The van der Waals surface area contributed by atoms with Crippen LogP contribution in [0.15, 0.2) is 66.7 Å². The second-order valence-corrected chi connectivity index (χ2v) is 8.79. The Morgan fingerprint density at radius 1 is 1.08 bits per heavy atom. The summed E-state index contributed by atoms with van der Waals surface area (Å²) in [4.78, 5) is 2.22. The normalized spacial score (nSPS) is 15.1. The van der Waals surface area contributed by atoms with Gasteiger partial charge in [0.25, 0.3) is 0 Å². The van der Waals surface area contributed by atoms with Gasteiger partial charge >= 0.3 is 0 Å². The molecule has 0 aromatic heterocycles. The molecule has 3 aromatic carbocycles. The first-order valence-corrected chi connectivity index (χ1v) is 11.8. The number of hydrogen-bond donors (Lipinski definition) is 1. The Balaban J connectivity index is 0.000000179. The molecule has 1 saturated heterocycles. The Bertz CT molecular complexity index is 1270. The van der Waals surface area contributed by atoms with Crippen LogP contribution in [0.5, 0.6) is 17.2 Å². The number of benzene rings is 3. The molecule has 1 fully saturated rings. The van der Waals surface area contributed by atoms with Gasteiger partial charge in [-0.25, -0.2) is 4.39 Å². The van der Waals surface area contributed by atoms with E-state index in [-0.39, 0.29) is 30.5 Å². The second-order valence-electron chi connectivity index (χ2n) is 8.79. The Morgan fingerprint density at radius 2 is 1.86 bits per heavy atom. The molecule has 5 nitrogen and oxygen atoms in total. The average molecular weight is 491 g/mol. The minimum Gasteiger partial charge on any atom is -0.508 e. The summed E-state index contributed by atoms with van der Waals surface area (Å²) in [5, 5.41) is 18.5. The molecule has 3 aromatic rings. The van der Waals surface area contributed by atoms with E-state index in [1.165, 1.54) is 6.07 Å². The first kappa shape index (κ1) is 25.2. The number of nitrogens with zero attached hydrogens (tertiary/aromatic N) is 2. The van der Waals surface area contributed by atoms with Gasteiger partial charge in [-0.2, -0.15) is 5.26 Å². The summed E-state index contributed by atoms with van der Waals surface area (Å²) in [6.45, 7) is 5.25. The lowest BCUT2D eigenvalue weighted by molar-refractivity contribution is 0.0668. The van der Waals surface area contributed by atoms with Gasteiger partial charge in [-0.3, -0.25) is 9.29 Å². The van der Waals surface area contributed by atoms with Gasteiger partial charge in [0.2, 0.25) is 0 Å². The SMILES string of the molecule is CC1=C(c2cccc(C#N)c2F)COc2ccc(O)cc21.FCC1CN(CCOc2ccccc2)C1. The van der Waals surface area contributed by atoms with Crippen molar-refractivity contribution in [1.29, 1.82) is 5.26 Å². The van der Waals surface area contributed by atoms with Crippen LogP contribution in [0, 0.1) is 23.1 Å². The third-order valence-electron chi connectivity index (χ3n) is 6.31. The van der Waals surface area contributed by atoms with Gasteiger partial charge in [-0.15, -0.1) is 0 Å². The van der Waals surface area contributed by atoms with Gasteiger partial charge in [-0.1, -0.05) is 30.3 Å². The molecule has 2 aliphatic rings. The van der Waals surface area contributed by atoms with Crippen molar-refractivity contribution in [3.05, 3.63) is 89.2 Å². The van der Waals surface area contributed by atoms with E-state index in [4.69, 9.17) is 14.7 Å². The summed E-state index contributed by atoms with van der Waals surface area (Å²) in [6.07, 6.45) is 0. The molecule has 0 spiro atoms. The summed E-state index contributed by atoms with van der Waals surface area (Å²) < 4.78 is 37.6. The first-order chi connectivity index (χ1) is 17.5. The van der Waals surface area contributed by atoms with E-state index in [1.54, 1.807) is 30.3 Å². The van der Waals surface area contributed by atoms with Crippen molar-refractivity contribution in [1.82, 2.24) is 4.90 Å². The van der Waals surface area contributed by atoms with E-state index in [9.17, 15) is 13.9 Å². The van der Waals surface area contributed by atoms with Gasteiger partial charge in [0, 0.05) is 42.3 Å². The minimum atomic E-state index is -0.540. The number of likely N-dealkylation sites (tertiary alicyclic amines) is 1. The van der Waals surface area contributed by atoms with Crippen molar-refractivity contribution in [2.75, 3.05) is 39.5 Å². The van der Waals surface area contributed by atoms with E-state index < -0.39 is 5.82 Å². The first-order valence-electron chi connectivity index (χ1n) is 11.8. The highest BCUT2D eigenvalue weighted by Gasteiger charge is 2.25. The molecule has 2 heterocycles. The van der Waals surface area contributed by atoms with Crippen molar-refractivity contribution >= 4 is 11.1 Å². The standard InChI is InChI=1S/C17H12FNO2.C12H16FNO/c1-10-14-7-12(20)5-6-16(14)21-9-15(10)13-4-2-3-11(8-19)17(13)18;13-8-11-9-14(10-11)6-7-15-12-4-2-1-3-5-12/h2-7,20H,9H2,1H3;1-5,11H,6-10H2. The molecule has 36 heavy (non-hydrogen) atoms. The van der Waals surface area contributed by atoms with Crippen LogP contribution in [0.3, 0.4) is 0 Å². The molecule has 5 rings (SSSR count). The lowest BCUT2D eigenvalue weighted by Crippen LogP contribution is -2.49. The number of fused-ring (bicyclic) bond motifs is 1. The lowest BCUT2D eigenvalue weighted by atomic mass is 9.92. The molecule has 2 aliphatic heterocycles. The Kier molecular flexibility index (Phi) is 8.19. The van der Waals surface area contributed by atoms with Crippen LogP contribution < -0.4 is 9.47 Å². The number of nitriles is 1. The van der Waals surface area contributed by atoms with Crippen molar-refractivity contribution in [2.45, 2.75) is 6.92 Å². The Morgan fingerprint density at radius 3 is 2.58 bits per heavy atom. The number of rotatable bonds is 6. The maximum absolute atomic E-state index is 14.3. The number of allylic oxidation sites excluding steroid dienone is 1. The van der Waals surface area contributed by atoms with Gasteiger partial charge in [0.15, 0.2) is 0 Å². The molecule has 1 N–H and O–H groups in total. The summed E-state index contributed by atoms with van der Waals surface area (Å²) in [7, 11) is 0. The number of halogens is 2. The molecule has 0 atom stereocenters. The van der Waals surface area contributed by atoms with Crippen molar-refractivity contribution < 1.29 is 23.4 Å². The second kappa shape index (κ2) is 11.7. The molecule has 0 radical (unpaired) electrons. The van der Waals surface area contributed by atoms with E-state index in [0.717, 1.165) is 36.5 Å². The number of ether oxygens (including phenoxy) is 2. The zero-order valence-corrected chi connectivity index (χ0v) is 20.1. The highest BCUT2D eigenvalue weighted by Crippen LogP contribution is 2.39. The van der Waals surface area contributed by atoms with Crippen LogP contribution in [0.1, 0.15) is 23.6 Å². The number of alkyl halides is 1. The summed E-state index contributed by atoms with van der Waals surface area (Å²) in [5.74, 6) is 1.42. The summed E-state index contributed by atoms with van der Waals surface area (Å²) in [6, 6.07) is 21.2. The average Bonchev–Trinajstić information content (AvgIpc) is 2.87. The highest BCUT2D eigenvalue weighted by atomic mass is 19.1. The lowest BCUT2D eigenvalue weighted by Gasteiger charge is -2.37. The minimum absolute atomic E-state index is 0.00880. The van der Waals surface area contributed by atoms with E-state index in [2.05, 4.69) is 4.90 Å². The molecular weight excluding hydrogens is 462 g/mol. The quantitative estimate of drug-likeness (QED) is 0.481. The van der Waals surface area contributed by atoms with Gasteiger partial charge in [0.05, 0.1) is 12.2 Å². The maximum Gasteiger partial charge on any atom is 0.148 e. The fourth-order valence-corrected chi connectivity index (χ4v) is 4.26. The Labute approximate surface area is 209 Å². The third kappa shape index (κ3) is 5.84. The molecule has 0 saturated carbocycles. The third-order valence-corrected chi connectivity index (χ3v) is 6.31. The van der Waals surface area contributed by atoms with Crippen LogP contribution in [0.4, 0.5) is 8.78 Å². The predicted octanol–water partition coefficient (Wildman–Crippen LogP) is 5.69. The fourth-order valence-electron chi connectivity index (χ4n) is 4.26. The van der Waals surface area contributed by atoms with Crippen LogP contribution in [0.25, 0.3) is 11.1 Å². The highest BCUT2D eigenvalue weighted by molar-refractivity contribution is 5.94. The number of hydrogen-bond acceptors (Lipinski definition) is 5. The van der Waals surface area contributed by atoms with Gasteiger partial charge in [0.1, 0.15) is 42.3 Å². The van der Waals surface area contributed by atoms with Crippen molar-refractivity contribution in [2.24, 2.45) is 5.92 Å². The van der Waals surface area contributed by atoms with Crippen LogP contribution in [-0.2, 0) is 0 Å². The van der Waals surface area contributed by atoms with Gasteiger partial charge in [-0.05, 0) is 48.9 Å². The molecular formula is C29H28F2N2O3. The monoisotopic (exact) mass is 490 g/mol. The smallest absolute Gasteiger partial charge is 0.148 e. The van der Waals surface area contributed by atoms with Crippen LogP contribution in [-0.4, -0.2) is 49.5 Å². The molecule has 0 unspecified atom stereocenters. The molecule has 186 valence electrons. The Hall–Kier alpha value is -3.89. The van der Waals surface area contributed by atoms with E-state index in [0.29, 0.717) is 23.5 Å². The van der Waals surface area contributed by atoms with Gasteiger partial charge < -0.3 is 14.6 Å². The summed E-state index contributed by atoms with van der Waals surface area (Å²) >= 11 is 0. The zero-order valence-electron chi connectivity index (χ0n) is 20.1. The number of phenols is 1. The number of para-hydroxylation sites is 1. The number of phenolic OH excluding ortho intramolecular Hbond substituents is 1. The van der Waals surface area contributed by atoms with Crippen LogP contribution in [0.2, 0.25) is 0 Å². The van der Waals surface area contributed by atoms with E-state index in [1.807, 2.05) is 43.3 Å². The fraction of sp³-hybridized carbons (Fsp3) is 0.276. The topological polar surface area (TPSA) is 65.7 Å². The molecule has 0 aliphatic carbocycles. The predicted molar refractivity (Wildman–Crippen MR) is 135 cm³/mol. The molecule has 0 bridgehead atoms. The van der Waals surface area contributed by atoms with Crippen LogP contribution >= 0.6 is 0 Å².